The molecule has 0 amide bonds. The van der Waals surface area contributed by atoms with Crippen LogP contribution in [-0.2, 0) is 15.6 Å². The molecule has 80 valence electrons. The molecule has 0 saturated carbocycles. The minimum absolute atomic E-state index is 0.0263. The fourth-order valence-electron chi connectivity index (χ4n) is 1.06. The van der Waals surface area contributed by atoms with E-state index in [0.29, 0.717) is 0 Å². The summed E-state index contributed by atoms with van der Waals surface area (Å²) in [5.74, 6) is -0.851. The molecule has 0 atom stereocenters. The maximum Gasteiger partial charge on any atom is 0.261 e. The second kappa shape index (κ2) is 4.14. The van der Waals surface area contributed by atoms with E-state index in [0.717, 1.165) is 12.1 Å². The highest BCUT2D eigenvalue weighted by molar-refractivity contribution is 8.13. The molecule has 1 rings (SSSR count). The van der Waals surface area contributed by atoms with E-state index in [2.05, 4.69) is 0 Å². The van der Waals surface area contributed by atoms with Gasteiger partial charge in [0.05, 0.1) is 16.5 Å². The lowest BCUT2D eigenvalue weighted by atomic mass is 10.1. The summed E-state index contributed by atoms with van der Waals surface area (Å²) in [4.78, 5) is -0.449. The predicted octanol–water partition coefficient (Wildman–Crippen LogP) is 1.08. The molecule has 2 N–H and O–H groups in total. The quantitative estimate of drug-likeness (QED) is 0.794. The van der Waals surface area contributed by atoms with Gasteiger partial charge < -0.3 is 5.73 Å². The number of nitrogens with zero attached hydrogens (tertiary/aromatic N) is 1. The minimum Gasteiger partial charge on any atom is -0.326 e. The number of halogens is 2. The fraction of sp³-hybridized carbons (Fsp3) is 0.125. The average molecular weight is 249 g/mol. The third-order valence-electron chi connectivity index (χ3n) is 1.78. The zero-order valence-corrected chi connectivity index (χ0v) is 8.94. The van der Waals surface area contributed by atoms with Gasteiger partial charge in [0.1, 0.15) is 5.82 Å². The van der Waals surface area contributed by atoms with Crippen LogP contribution in [0, 0.1) is 17.1 Å². The maximum absolute atomic E-state index is 13.3. The molecule has 0 radical (unpaired) electrons. The van der Waals surface area contributed by atoms with Gasteiger partial charge in [-0.15, -0.1) is 0 Å². The van der Waals surface area contributed by atoms with Crippen molar-refractivity contribution in [1.29, 1.82) is 5.26 Å². The van der Waals surface area contributed by atoms with Crippen LogP contribution in [0.4, 0.5) is 4.39 Å². The highest BCUT2D eigenvalue weighted by Gasteiger charge is 2.16. The van der Waals surface area contributed by atoms with Gasteiger partial charge in [0, 0.05) is 22.8 Å². The van der Waals surface area contributed by atoms with Crippen molar-refractivity contribution < 1.29 is 12.8 Å². The van der Waals surface area contributed by atoms with E-state index in [1.165, 1.54) is 0 Å². The molecule has 0 aliphatic carbocycles. The Morgan fingerprint density at radius 1 is 1.53 bits per heavy atom. The number of rotatable bonds is 2. The van der Waals surface area contributed by atoms with Crippen LogP contribution in [-0.4, -0.2) is 8.42 Å². The van der Waals surface area contributed by atoms with Crippen LogP contribution in [0.25, 0.3) is 0 Å². The highest BCUT2D eigenvalue weighted by Crippen LogP contribution is 2.21. The number of nitriles is 1. The van der Waals surface area contributed by atoms with Crippen molar-refractivity contribution in [3.05, 3.63) is 29.1 Å². The van der Waals surface area contributed by atoms with E-state index < -0.39 is 19.8 Å². The smallest absolute Gasteiger partial charge is 0.261 e. The second-order valence-electron chi connectivity index (χ2n) is 2.68. The molecule has 0 aliphatic heterocycles. The van der Waals surface area contributed by atoms with E-state index in [1.54, 1.807) is 6.07 Å². The van der Waals surface area contributed by atoms with Crippen LogP contribution >= 0.6 is 10.7 Å². The molecule has 0 heterocycles. The molecular formula is C8H6ClFN2O2S. The molecule has 7 heteroatoms. The number of hydrogen-bond donors (Lipinski definition) is 1. The van der Waals surface area contributed by atoms with Crippen LogP contribution < -0.4 is 5.73 Å². The van der Waals surface area contributed by atoms with Gasteiger partial charge in [-0.3, -0.25) is 0 Å². The van der Waals surface area contributed by atoms with E-state index in [4.69, 9.17) is 21.7 Å². The fourth-order valence-corrected chi connectivity index (χ4v) is 1.83. The summed E-state index contributed by atoms with van der Waals surface area (Å²) in [6.07, 6.45) is 0. The molecule has 0 bridgehead atoms. The summed E-state index contributed by atoms with van der Waals surface area (Å²) >= 11 is 0. The SMILES string of the molecule is N#Cc1cc(S(=O)(=O)Cl)cc(F)c1CN. The number of hydrogen-bond acceptors (Lipinski definition) is 4. The Morgan fingerprint density at radius 2 is 2.13 bits per heavy atom. The lowest BCUT2D eigenvalue weighted by Crippen LogP contribution is -2.05. The lowest BCUT2D eigenvalue weighted by Gasteiger charge is -2.04. The largest absolute Gasteiger partial charge is 0.326 e. The van der Waals surface area contributed by atoms with Crippen LogP contribution in [0.1, 0.15) is 11.1 Å². The zero-order valence-electron chi connectivity index (χ0n) is 7.37. The summed E-state index contributed by atoms with van der Waals surface area (Å²) in [7, 11) is 0.977. The van der Waals surface area contributed by atoms with Gasteiger partial charge in [0.15, 0.2) is 0 Å². The van der Waals surface area contributed by atoms with Crippen molar-refractivity contribution >= 4 is 19.7 Å². The first-order valence-electron chi connectivity index (χ1n) is 3.77. The summed E-state index contributed by atoms with van der Waals surface area (Å²) in [6.45, 7) is -0.183. The molecule has 0 spiro atoms. The zero-order chi connectivity index (χ0) is 11.6. The summed E-state index contributed by atoms with van der Waals surface area (Å²) < 4.78 is 35.1. The Hall–Kier alpha value is -1.16. The second-order valence-corrected chi connectivity index (χ2v) is 5.25. The van der Waals surface area contributed by atoms with Crippen LogP contribution in [0.5, 0.6) is 0 Å². The van der Waals surface area contributed by atoms with Crippen molar-refractivity contribution in [3.63, 3.8) is 0 Å². The normalized spacial score (nSPS) is 11.1. The van der Waals surface area contributed by atoms with Gasteiger partial charge in [-0.1, -0.05) is 0 Å². The molecule has 1 aromatic carbocycles. The molecule has 4 nitrogen and oxygen atoms in total. The van der Waals surface area contributed by atoms with Gasteiger partial charge in [-0.05, 0) is 12.1 Å². The Bertz CT molecular complexity index is 536. The van der Waals surface area contributed by atoms with Gasteiger partial charge in [-0.2, -0.15) is 5.26 Å². The molecule has 0 fully saturated rings. The van der Waals surface area contributed by atoms with Crippen molar-refractivity contribution in [1.82, 2.24) is 0 Å². The van der Waals surface area contributed by atoms with Crippen molar-refractivity contribution in [2.75, 3.05) is 0 Å². The molecule has 1 aromatic rings. The standard InChI is InChI=1S/C8H6ClFN2O2S/c9-15(13,14)6-1-5(3-11)7(4-12)8(10)2-6/h1-2H,4,12H2. The Kier molecular flexibility index (Phi) is 3.29. The summed E-state index contributed by atoms with van der Waals surface area (Å²) in [5.41, 5.74) is 5.06. The van der Waals surface area contributed by atoms with Gasteiger partial charge in [0.25, 0.3) is 9.05 Å². The summed E-state index contributed by atoms with van der Waals surface area (Å²) in [5, 5.41) is 8.65. The van der Waals surface area contributed by atoms with Gasteiger partial charge >= 0.3 is 0 Å². The molecule has 15 heavy (non-hydrogen) atoms. The van der Waals surface area contributed by atoms with Crippen LogP contribution in [0.2, 0.25) is 0 Å². The first-order valence-corrected chi connectivity index (χ1v) is 6.08. The predicted molar refractivity (Wildman–Crippen MR) is 52.0 cm³/mol. The Labute approximate surface area is 90.5 Å². The number of benzene rings is 1. The first-order chi connectivity index (χ1) is 6.90. The highest BCUT2D eigenvalue weighted by atomic mass is 35.7. The van der Waals surface area contributed by atoms with Gasteiger partial charge in [0.2, 0.25) is 0 Å². The maximum atomic E-state index is 13.3. The van der Waals surface area contributed by atoms with Crippen molar-refractivity contribution in [2.24, 2.45) is 5.73 Å². The van der Waals surface area contributed by atoms with Crippen LogP contribution in [0.15, 0.2) is 17.0 Å². The average Bonchev–Trinajstić information content (AvgIpc) is 2.15. The van der Waals surface area contributed by atoms with Crippen LogP contribution in [0.3, 0.4) is 0 Å². The van der Waals surface area contributed by atoms with E-state index in [9.17, 15) is 12.8 Å². The minimum atomic E-state index is -4.04. The number of nitrogens with two attached hydrogens (primary N) is 1. The monoisotopic (exact) mass is 248 g/mol. The first kappa shape index (κ1) is 11.9. The van der Waals surface area contributed by atoms with Crippen molar-refractivity contribution in [2.45, 2.75) is 11.4 Å². The van der Waals surface area contributed by atoms with E-state index >= 15 is 0 Å². The lowest BCUT2D eigenvalue weighted by molar-refractivity contribution is 0.594. The third kappa shape index (κ3) is 2.45. The molecular weight excluding hydrogens is 243 g/mol. The summed E-state index contributed by atoms with van der Waals surface area (Å²) in [6, 6.07) is 3.39. The topological polar surface area (TPSA) is 84.0 Å². The Balaban J connectivity index is 3.55. The molecule has 0 aromatic heterocycles. The molecule has 0 unspecified atom stereocenters. The molecule has 0 saturated heterocycles. The van der Waals surface area contributed by atoms with Gasteiger partial charge in [-0.25, -0.2) is 12.8 Å². The Morgan fingerprint density at radius 3 is 2.53 bits per heavy atom. The van der Waals surface area contributed by atoms with Crippen molar-refractivity contribution in [3.8, 4) is 6.07 Å². The van der Waals surface area contributed by atoms with E-state index in [1.807, 2.05) is 0 Å². The third-order valence-corrected chi connectivity index (χ3v) is 3.11. The van der Waals surface area contributed by atoms with E-state index in [-0.39, 0.29) is 17.7 Å². The molecule has 0 aliphatic rings.